The van der Waals surface area contributed by atoms with Gasteiger partial charge >= 0.3 is 0 Å². The quantitative estimate of drug-likeness (QED) is 0.780. The molecule has 0 aromatic carbocycles. The molecule has 3 atom stereocenters. The maximum absolute atomic E-state index is 4.44. The van der Waals surface area contributed by atoms with Crippen molar-refractivity contribution in [1.29, 1.82) is 0 Å². The Morgan fingerprint density at radius 3 is 2.44 bits per heavy atom. The smallest absolute Gasteiger partial charge is 0.167 e. The Labute approximate surface area is 98.2 Å². The van der Waals surface area contributed by atoms with E-state index < -0.39 is 0 Å². The van der Waals surface area contributed by atoms with E-state index in [2.05, 4.69) is 55.1 Å². The van der Waals surface area contributed by atoms with Gasteiger partial charge in [-0.15, -0.1) is 0 Å². The molecule has 1 heterocycles. The minimum atomic E-state index is 0.209. The standard InChI is InChI=1S/C12H24N4/c1-6-8(3)9(4)13-10(5)12-14-11(7-2)15-16-12/h8-10,13H,6-7H2,1-5H3,(H,14,15,16). The molecule has 2 N–H and O–H groups in total. The van der Waals surface area contributed by atoms with Gasteiger partial charge in [0.2, 0.25) is 0 Å². The van der Waals surface area contributed by atoms with Crippen molar-refractivity contribution in [2.45, 2.75) is 59.5 Å². The fourth-order valence-electron chi connectivity index (χ4n) is 1.65. The van der Waals surface area contributed by atoms with E-state index in [1.807, 2.05) is 0 Å². The zero-order valence-electron chi connectivity index (χ0n) is 11.0. The molecule has 16 heavy (non-hydrogen) atoms. The number of aromatic amines is 1. The third-order valence-electron chi connectivity index (χ3n) is 3.28. The topological polar surface area (TPSA) is 53.6 Å². The molecule has 0 aliphatic carbocycles. The molecule has 0 saturated heterocycles. The van der Waals surface area contributed by atoms with E-state index in [0.29, 0.717) is 12.0 Å². The number of nitrogens with one attached hydrogen (secondary N) is 2. The summed E-state index contributed by atoms with van der Waals surface area (Å²) in [4.78, 5) is 4.44. The number of hydrogen-bond acceptors (Lipinski definition) is 3. The number of hydrogen-bond donors (Lipinski definition) is 2. The lowest BCUT2D eigenvalue weighted by Crippen LogP contribution is -2.34. The summed E-state index contributed by atoms with van der Waals surface area (Å²) in [5.74, 6) is 2.50. The lowest BCUT2D eigenvalue weighted by Gasteiger charge is -2.22. The highest BCUT2D eigenvalue weighted by atomic mass is 15.2. The number of H-pyrrole nitrogens is 1. The van der Waals surface area contributed by atoms with Crippen molar-refractivity contribution in [3.8, 4) is 0 Å². The number of aromatic nitrogens is 3. The first-order chi connectivity index (χ1) is 7.58. The third-order valence-corrected chi connectivity index (χ3v) is 3.28. The van der Waals surface area contributed by atoms with Crippen LogP contribution in [0.1, 0.15) is 58.7 Å². The predicted octanol–water partition coefficient (Wildman–Crippen LogP) is 2.45. The predicted molar refractivity (Wildman–Crippen MR) is 66.2 cm³/mol. The second-order valence-electron chi connectivity index (χ2n) is 4.56. The van der Waals surface area contributed by atoms with Crippen LogP contribution in [0.3, 0.4) is 0 Å². The average molecular weight is 224 g/mol. The molecular formula is C12H24N4. The summed E-state index contributed by atoms with van der Waals surface area (Å²) in [6.45, 7) is 10.9. The zero-order chi connectivity index (χ0) is 12.1. The molecule has 1 aromatic heterocycles. The van der Waals surface area contributed by atoms with Gasteiger partial charge in [-0.05, 0) is 19.8 Å². The summed E-state index contributed by atoms with van der Waals surface area (Å²) in [6.07, 6.45) is 2.09. The minimum Gasteiger partial charge on any atom is -0.305 e. The van der Waals surface area contributed by atoms with E-state index in [4.69, 9.17) is 0 Å². The first kappa shape index (κ1) is 13.2. The lowest BCUT2D eigenvalue weighted by atomic mass is 10.0. The van der Waals surface area contributed by atoms with Crippen molar-refractivity contribution in [2.75, 3.05) is 0 Å². The highest BCUT2D eigenvalue weighted by molar-refractivity contribution is 4.95. The molecule has 0 aliphatic heterocycles. The Bertz CT molecular complexity index is 308. The van der Waals surface area contributed by atoms with Crippen LogP contribution in [-0.4, -0.2) is 21.2 Å². The van der Waals surface area contributed by atoms with Crippen LogP contribution >= 0.6 is 0 Å². The number of rotatable bonds is 6. The summed E-state index contributed by atoms with van der Waals surface area (Å²) in [5.41, 5.74) is 0. The van der Waals surface area contributed by atoms with Gasteiger partial charge < -0.3 is 5.32 Å². The van der Waals surface area contributed by atoms with Crippen LogP contribution in [0.5, 0.6) is 0 Å². The molecule has 4 nitrogen and oxygen atoms in total. The van der Waals surface area contributed by atoms with Crippen molar-refractivity contribution < 1.29 is 0 Å². The molecule has 0 radical (unpaired) electrons. The molecule has 92 valence electrons. The van der Waals surface area contributed by atoms with E-state index in [1.165, 1.54) is 6.42 Å². The van der Waals surface area contributed by atoms with Crippen LogP contribution < -0.4 is 5.32 Å². The summed E-state index contributed by atoms with van der Waals surface area (Å²) < 4.78 is 0. The van der Waals surface area contributed by atoms with Gasteiger partial charge in [0.05, 0.1) is 6.04 Å². The van der Waals surface area contributed by atoms with Crippen molar-refractivity contribution in [2.24, 2.45) is 5.92 Å². The van der Waals surface area contributed by atoms with Gasteiger partial charge in [0.15, 0.2) is 5.82 Å². The summed E-state index contributed by atoms with van der Waals surface area (Å²) in [7, 11) is 0. The van der Waals surface area contributed by atoms with Gasteiger partial charge in [-0.1, -0.05) is 27.2 Å². The van der Waals surface area contributed by atoms with Crippen LogP contribution in [0.15, 0.2) is 0 Å². The highest BCUT2D eigenvalue weighted by Crippen LogP contribution is 2.13. The molecule has 1 rings (SSSR count). The average Bonchev–Trinajstić information content (AvgIpc) is 2.76. The second kappa shape index (κ2) is 5.99. The van der Waals surface area contributed by atoms with Gasteiger partial charge in [-0.3, -0.25) is 5.10 Å². The van der Waals surface area contributed by atoms with E-state index >= 15 is 0 Å². The Balaban J connectivity index is 2.54. The molecule has 0 spiro atoms. The maximum Gasteiger partial charge on any atom is 0.167 e. The van der Waals surface area contributed by atoms with Gasteiger partial charge in [0.1, 0.15) is 5.82 Å². The molecule has 0 bridgehead atoms. The van der Waals surface area contributed by atoms with Crippen molar-refractivity contribution in [3.05, 3.63) is 11.6 Å². The lowest BCUT2D eigenvalue weighted by molar-refractivity contribution is 0.354. The maximum atomic E-state index is 4.44. The molecule has 0 fully saturated rings. The zero-order valence-corrected chi connectivity index (χ0v) is 11.0. The molecular weight excluding hydrogens is 200 g/mol. The molecule has 1 aromatic rings. The van der Waals surface area contributed by atoms with Crippen molar-refractivity contribution >= 4 is 0 Å². The molecule has 4 heteroatoms. The first-order valence-corrected chi connectivity index (χ1v) is 6.25. The largest absolute Gasteiger partial charge is 0.305 e. The van der Waals surface area contributed by atoms with Gasteiger partial charge in [-0.2, -0.15) is 5.10 Å². The summed E-state index contributed by atoms with van der Waals surface area (Å²) in [5, 5.41) is 10.7. The second-order valence-corrected chi connectivity index (χ2v) is 4.56. The highest BCUT2D eigenvalue weighted by Gasteiger charge is 2.16. The van der Waals surface area contributed by atoms with E-state index in [1.54, 1.807) is 0 Å². The van der Waals surface area contributed by atoms with Crippen molar-refractivity contribution in [3.63, 3.8) is 0 Å². The molecule has 3 unspecified atom stereocenters. The van der Waals surface area contributed by atoms with E-state index in [9.17, 15) is 0 Å². The Morgan fingerprint density at radius 2 is 1.94 bits per heavy atom. The SMILES string of the molecule is CCc1nc(C(C)NC(C)C(C)CC)n[nH]1. The van der Waals surface area contributed by atoms with Crippen LogP contribution in [-0.2, 0) is 6.42 Å². The van der Waals surface area contributed by atoms with Gasteiger partial charge in [0.25, 0.3) is 0 Å². The fourth-order valence-corrected chi connectivity index (χ4v) is 1.65. The number of aryl methyl sites for hydroxylation is 1. The Kier molecular flexibility index (Phi) is 4.93. The third kappa shape index (κ3) is 3.30. The van der Waals surface area contributed by atoms with Crippen LogP contribution in [0.2, 0.25) is 0 Å². The summed E-state index contributed by atoms with van der Waals surface area (Å²) in [6, 6.07) is 0.698. The molecule has 0 amide bonds. The normalized spacial score (nSPS) is 17.1. The van der Waals surface area contributed by atoms with Crippen LogP contribution in [0.4, 0.5) is 0 Å². The van der Waals surface area contributed by atoms with Gasteiger partial charge in [0, 0.05) is 12.5 Å². The Morgan fingerprint density at radius 1 is 1.25 bits per heavy atom. The summed E-state index contributed by atoms with van der Waals surface area (Å²) >= 11 is 0. The molecule has 0 saturated carbocycles. The Hall–Kier alpha value is -0.900. The van der Waals surface area contributed by atoms with E-state index in [-0.39, 0.29) is 6.04 Å². The van der Waals surface area contributed by atoms with E-state index in [0.717, 1.165) is 18.1 Å². The van der Waals surface area contributed by atoms with Gasteiger partial charge in [-0.25, -0.2) is 4.98 Å². The first-order valence-electron chi connectivity index (χ1n) is 6.25. The fraction of sp³-hybridized carbons (Fsp3) is 0.833. The van der Waals surface area contributed by atoms with Crippen molar-refractivity contribution in [1.82, 2.24) is 20.5 Å². The monoisotopic (exact) mass is 224 g/mol. The van der Waals surface area contributed by atoms with Crippen LogP contribution in [0, 0.1) is 5.92 Å². The minimum absolute atomic E-state index is 0.209. The molecule has 0 aliphatic rings. The number of nitrogens with zero attached hydrogens (tertiary/aromatic N) is 2. The van der Waals surface area contributed by atoms with Crippen LogP contribution in [0.25, 0.3) is 0 Å².